The van der Waals surface area contributed by atoms with Crippen molar-refractivity contribution in [3.05, 3.63) is 35.4 Å². The quantitative estimate of drug-likeness (QED) is 0.371. The monoisotopic (exact) mass is 427 g/mol. The first-order valence-electron chi connectivity index (χ1n) is 10.9. The van der Waals surface area contributed by atoms with Crippen LogP contribution < -0.4 is 0 Å². The lowest BCUT2D eigenvalue weighted by Gasteiger charge is -2.23. The minimum absolute atomic E-state index is 0.0567. The molecule has 1 amide bonds. The Morgan fingerprint density at radius 1 is 1.03 bits per heavy atom. The van der Waals surface area contributed by atoms with E-state index in [1.807, 2.05) is 24.3 Å². The van der Waals surface area contributed by atoms with Crippen LogP contribution in [0.2, 0.25) is 0 Å². The molecule has 1 aliphatic rings. The largest absolute Gasteiger partial charge is 0.471 e. The molecule has 168 valence electrons. The van der Waals surface area contributed by atoms with Crippen molar-refractivity contribution in [2.75, 3.05) is 13.2 Å². The highest BCUT2D eigenvalue weighted by atomic mass is 19.4. The molecular formula is C23H32F3NO3. The van der Waals surface area contributed by atoms with Crippen molar-refractivity contribution in [3.63, 3.8) is 0 Å². The number of benzene rings is 1. The Morgan fingerprint density at radius 3 is 2.27 bits per heavy atom. The Bertz CT molecular complexity index is 688. The first-order chi connectivity index (χ1) is 14.3. The third-order valence-electron chi connectivity index (χ3n) is 5.63. The molecule has 0 bridgehead atoms. The maximum atomic E-state index is 13.0. The minimum Gasteiger partial charge on any atom is -0.464 e. The highest BCUT2D eigenvalue weighted by Gasteiger charge is 2.50. The van der Waals surface area contributed by atoms with Crippen LogP contribution in [0, 0.1) is 0 Å². The molecule has 0 spiro atoms. The molecule has 0 radical (unpaired) electrons. The van der Waals surface area contributed by atoms with Gasteiger partial charge in [0.1, 0.15) is 6.04 Å². The molecule has 7 heteroatoms. The summed E-state index contributed by atoms with van der Waals surface area (Å²) in [5, 5.41) is 0. The second-order valence-electron chi connectivity index (χ2n) is 7.92. The first-order valence-corrected chi connectivity index (χ1v) is 10.9. The number of esters is 1. The van der Waals surface area contributed by atoms with Crippen molar-refractivity contribution in [2.45, 2.75) is 83.4 Å². The lowest BCUT2D eigenvalue weighted by Crippen LogP contribution is -2.47. The van der Waals surface area contributed by atoms with Gasteiger partial charge in [-0.05, 0) is 37.3 Å². The number of rotatable bonds is 10. The standard InChI is InChI=1S/C23H32F3NO3/c1-3-5-6-7-8-9-10-17-11-13-18(14-12-17)19-15-20(21(28)30-4-2)27(16-19)22(29)23(24,25)26/h11-14,19-20H,3-10,15-16H2,1-2H3/t19-,20+/m1/s1. The van der Waals surface area contributed by atoms with Crippen molar-refractivity contribution in [1.29, 1.82) is 0 Å². The van der Waals surface area contributed by atoms with Gasteiger partial charge in [-0.25, -0.2) is 4.79 Å². The summed E-state index contributed by atoms with van der Waals surface area (Å²) in [6.07, 6.45) is 3.42. The number of ether oxygens (including phenoxy) is 1. The predicted molar refractivity (Wildman–Crippen MR) is 109 cm³/mol. The van der Waals surface area contributed by atoms with Gasteiger partial charge in [-0.1, -0.05) is 63.3 Å². The molecule has 0 unspecified atom stereocenters. The van der Waals surface area contributed by atoms with Gasteiger partial charge in [-0.2, -0.15) is 13.2 Å². The lowest BCUT2D eigenvalue weighted by molar-refractivity contribution is -0.188. The summed E-state index contributed by atoms with van der Waals surface area (Å²) in [6.45, 7) is 3.70. The minimum atomic E-state index is -5.01. The van der Waals surface area contributed by atoms with E-state index in [2.05, 4.69) is 6.92 Å². The van der Waals surface area contributed by atoms with E-state index >= 15 is 0 Å². The second kappa shape index (κ2) is 11.4. The van der Waals surface area contributed by atoms with Crippen LogP contribution in [-0.2, 0) is 20.7 Å². The number of nitrogens with zero attached hydrogens (tertiary/aromatic N) is 1. The maximum absolute atomic E-state index is 13.0. The van der Waals surface area contributed by atoms with Crippen LogP contribution in [0.15, 0.2) is 24.3 Å². The number of likely N-dealkylation sites (tertiary alicyclic amines) is 1. The Labute approximate surface area is 176 Å². The van der Waals surface area contributed by atoms with Crippen LogP contribution in [0.3, 0.4) is 0 Å². The summed E-state index contributed by atoms with van der Waals surface area (Å²) in [5.41, 5.74) is 2.03. The van der Waals surface area contributed by atoms with Gasteiger partial charge in [0.15, 0.2) is 0 Å². The van der Waals surface area contributed by atoms with Gasteiger partial charge in [-0.15, -0.1) is 0 Å². The second-order valence-corrected chi connectivity index (χ2v) is 7.92. The Balaban J connectivity index is 1.99. The van der Waals surface area contributed by atoms with Crippen LogP contribution in [0.25, 0.3) is 0 Å². The molecular weight excluding hydrogens is 395 g/mol. The van der Waals surface area contributed by atoms with E-state index in [0.717, 1.165) is 18.4 Å². The van der Waals surface area contributed by atoms with E-state index in [-0.39, 0.29) is 25.5 Å². The third kappa shape index (κ3) is 6.74. The molecule has 0 aliphatic carbocycles. The predicted octanol–water partition coefficient (Wildman–Crippen LogP) is 5.40. The summed E-state index contributed by atoms with van der Waals surface area (Å²) < 4.78 is 43.8. The number of carbonyl (C=O) groups is 2. The van der Waals surface area contributed by atoms with Crippen LogP contribution in [-0.4, -0.2) is 42.1 Å². The molecule has 1 saturated heterocycles. The summed E-state index contributed by atoms with van der Waals surface area (Å²) in [6, 6.07) is 6.60. The SMILES string of the molecule is CCCCCCCCc1ccc([C@@H]2C[C@@H](C(=O)OCC)N(C(=O)C(F)(F)F)C2)cc1. The summed E-state index contributed by atoms with van der Waals surface area (Å²) in [4.78, 5) is 24.6. The van der Waals surface area contributed by atoms with Crippen molar-refractivity contribution in [2.24, 2.45) is 0 Å². The highest BCUT2D eigenvalue weighted by molar-refractivity contribution is 5.88. The van der Waals surface area contributed by atoms with Crippen LogP contribution in [0.1, 0.15) is 75.8 Å². The zero-order chi connectivity index (χ0) is 22.1. The number of carbonyl (C=O) groups excluding carboxylic acids is 2. The molecule has 1 heterocycles. The Hall–Kier alpha value is -2.05. The van der Waals surface area contributed by atoms with Gasteiger partial charge in [0, 0.05) is 12.5 Å². The Morgan fingerprint density at radius 2 is 1.67 bits per heavy atom. The van der Waals surface area contributed by atoms with Gasteiger partial charge in [0.05, 0.1) is 6.61 Å². The van der Waals surface area contributed by atoms with Crippen LogP contribution in [0.5, 0.6) is 0 Å². The number of amides is 1. The first kappa shape index (κ1) is 24.2. The fraction of sp³-hybridized carbons (Fsp3) is 0.652. The number of alkyl halides is 3. The average Bonchev–Trinajstić information content (AvgIpc) is 3.15. The molecule has 1 fully saturated rings. The van der Waals surface area contributed by atoms with E-state index in [1.54, 1.807) is 6.92 Å². The molecule has 2 rings (SSSR count). The highest BCUT2D eigenvalue weighted by Crippen LogP contribution is 2.35. The van der Waals surface area contributed by atoms with E-state index in [0.29, 0.717) is 4.90 Å². The molecule has 4 nitrogen and oxygen atoms in total. The number of unbranched alkanes of at least 4 members (excludes halogenated alkanes) is 5. The molecule has 0 saturated carbocycles. The number of hydrogen-bond acceptors (Lipinski definition) is 3. The topological polar surface area (TPSA) is 46.6 Å². The number of hydrogen-bond donors (Lipinski definition) is 0. The van der Waals surface area contributed by atoms with Gasteiger partial charge < -0.3 is 9.64 Å². The van der Waals surface area contributed by atoms with Crippen molar-refractivity contribution < 1.29 is 27.5 Å². The van der Waals surface area contributed by atoms with Crippen molar-refractivity contribution in [1.82, 2.24) is 4.90 Å². The zero-order valence-electron chi connectivity index (χ0n) is 17.8. The molecule has 2 atom stereocenters. The van der Waals surface area contributed by atoms with Crippen molar-refractivity contribution >= 4 is 11.9 Å². The van der Waals surface area contributed by atoms with Gasteiger partial charge >= 0.3 is 18.1 Å². The van der Waals surface area contributed by atoms with Gasteiger partial charge in [0.25, 0.3) is 0 Å². The maximum Gasteiger partial charge on any atom is 0.471 e. The van der Waals surface area contributed by atoms with Crippen LogP contribution in [0.4, 0.5) is 13.2 Å². The third-order valence-corrected chi connectivity index (χ3v) is 5.63. The van der Waals surface area contributed by atoms with Crippen molar-refractivity contribution in [3.8, 4) is 0 Å². The van der Waals surface area contributed by atoms with E-state index in [4.69, 9.17) is 4.74 Å². The summed E-state index contributed by atoms with van der Waals surface area (Å²) in [5.74, 6) is -3.09. The number of aryl methyl sites for hydroxylation is 1. The molecule has 1 aromatic rings. The molecule has 1 aromatic carbocycles. The van der Waals surface area contributed by atoms with Gasteiger partial charge in [0.2, 0.25) is 0 Å². The zero-order valence-corrected chi connectivity index (χ0v) is 17.8. The number of halogens is 3. The molecule has 0 N–H and O–H groups in total. The summed E-state index contributed by atoms with van der Waals surface area (Å²) in [7, 11) is 0. The molecule has 30 heavy (non-hydrogen) atoms. The average molecular weight is 428 g/mol. The lowest BCUT2D eigenvalue weighted by atomic mass is 9.94. The fourth-order valence-corrected chi connectivity index (χ4v) is 3.99. The van der Waals surface area contributed by atoms with Crippen LogP contribution >= 0.6 is 0 Å². The molecule has 1 aliphatic heterocycles. The van der Waals surface area contributed by atoms with Gasteiger partial charge in [-0.3, -0.25) is 4.79 Å². The van der Waals surface area contributed by atoms with E-state index < -0.39 is 24.1 Å². The normalized spacial score (nSPS) is 19.2. The fourth-order valence-electron chi connectivity index (χ4n) is 3.99. The molecule has 0 aromatic heterocycles. The smallest absolute Gasteiger partial charge is 0.464 e. The van der Waals surface area contributed by atoms with E-state index in [1.165, 1.54) is 37.7 Å². The summed E-state index contributed by atoms with van der Waals surface area (Å²) >= 11 is 0. The van der Waals surface area contributed by atoms with E-state index in [9.17, 15) is 22.8 Å². The Kier molecular flexibility index (Phi) is 9.18.